The molecular weight excluding hydrogens is 366 g/mol. The lowest BCUT2D eigenvalue weighted by molar-refractivity contribution is 0.0953. The van der Waals surface area contributed by atoms with Crippen molar-refractivity contribution in [2.45, 2.75) is 6.92 Å². The minimum atomic E-state index is -0.324. The molecular formula is C23H21N3O3. The van der Waals surface area contributed by atoms with Crippen LogP contribution in [0.5, 0.6) is 5.75 Å². The number of ether oxygens (including phenoxy) is 1. The fraction of sp³-hybridized carbons (Fsp3) is 0.0870. The maximum absolute atomic E-state index is 12.2. The maximum atomic E-state index is 12.2. The molecule has 0 atom stereocenters. The van der Waals surface area contributed by atoms with Crippen LogP contribution in [-0.4, -0.2) is 24.6 Å². The molecule has 0 fully saturated rings. The first-order valence-corrected chi connectivity index (χ1v) is 9.02. The van der Waals surface area contributed by atoms with Crippen molar-refractivity contribution in [2.75, 3.05) is 12.4 Å². The lowest BCUT2D eigenvalue weighted by atomic mass is 10.1. The van der Waals surface area contributed by atoms with Gasteiger partial charge in [0.15, 0.2) is 0 Å². The lowest BCUT2D eigenvalue weighted by Gasteiger charge is -2.07. The average molecular weight is 387 g/mol. The molecule has 6 nitrogen and oxygen atoms in total. The van der Waals surface area contributed by atoms with Crippen LogP contribution in [0, 0.1) is 0 Å². The number of amides is 2. The Balaban J connectivity index is 1.62. The molecule has 0 bridgehead atoms. The standard InChI is InChI=1S/C23H21N3O3/c1-16(25-26-23(28)19-9-6-10-21(15-19)29-2)17-11-13-20(14-12-17)24-22(27)18-7-4-3-5-8-18/h3-15H,1-2H3,(H,24,27)(H,26,28)/b25-16-. The van der Waals surface area contributed by atoms with Crippen LogP contribution in [0.4, 0.5) is 5.69 Å². The van der Waals surface area contributed by atoms with Gasteiger partial charge in [-0.3, -0.25) is 9.59 Å². The molecule has 3 aromatic rings. The largest absolute Gasteiger partial charge is 0.497 e. The van der Waals surface area contributed by atoms with Crippen molar-refractivity contribution in [1.82, 2.24) is 5.43 Å². The number of nitrogens with zero attached hydrogens (tertiary/aromatic N) is 1. The molecule has 0 saturated heterocycles. The molecule has 0 heterocycles. The summed E-state index contributed by atoms with van der Waals surface area (Å²) in [5.74, 6) is 0.107. The molecule has 29 heavy (non-hydrogen) atoms. The summed E-state index contributed by atoms with van der Waals surface area (Å²) in [4.78, 5) is 24.4. The van der Waals surface area contributed by atoms with Crippen molar-refractivity contribution >= 4 is 23.2 Å². The minimum absolute atomic E-state index is 0.172. The normalized spacial score (nSPS) is 10.9. The number of carbonyl (C=O) groups is 2. The smallest absolute Gasteiger partial charge is 0.271 e. The number of methoxy groups -OCH3 is 1. The molecule has 3 aromatic carbocycles. The van der Waals surface area contributed by atoms with Gasteiger partial charge in [-0.15, -0.1) is 0 Å². The second kappa shape index (κ2) is 9.32. The van der Waals surface area contributed by atoms with Gasteiger partial charge in [0.25, 0.3) is 11.8 Å². The van der Waals surface area contributed by atoms with Crippen LogP contribution in [-0.2, 0) is 0 Å². The third-order valence-electron chi connectivity index (χ3n) is 4.25. The first-order valence-electron chi connectivity index (χ1n) is 9.02. The molecule has 0 radical (unpaired) electrons. The van der Waals surface area contributed by atoms with Crippen LogP contribution in [0.2, 0.25) is 0 Å². The fourth-order valence-corrected chi connectivity index (χ4v) is 2.62. The van der Waals surface area contributed by atoms with Gasteiger partial charge in [0.2, 0.25) is 0 Å². The highest BCUT2D eigenvalue weighted by Gasteiger charge is 2.07. The maximum Gasteiger partial charge on any atom is 0.271 e. The number of carbonyl (C=O) groups excluding carboxylic acids is 2. The van der Waals surface area contributed by atoms with Gasteiger partial charge in [-0.1, -0.05) is 36.4 Å². The first kappa shape index (κ1) is 19.8. The van der Waals surface area contributed by atoms with Crippen molar-refractivity contribution < 1.29 is 14.3 Å². The topological polar surface area (TPSA) is 79.8 Å². The Morgan fingerprint density at radius 3 is 2.17 bits per heavy atom. The van der Waals surface area contributed by atoms with E-state index in [1.54, 1.807) is 62.6 Å². The van der Waals surface area contributed by atoms with Gasteiger partial charge in [-0.2, -0.15) is 5.10 Å². The van der Waals surface area contributed by atoms with E-state index in [4.69, 9.17) is 4.74 Å². The van der Waals surface area contributed by atoms with E-state index in [0.29, 0.717) is 28.3 Å². The highest BCUT2D eigenvalue weighted by atomic mass is 16.5. The van der Waals surface area contributed by atoms with Crippen molar-refractivity contribution in [1.29, 1.82) is 0 Å². The van der Waals surface area contributed by atoms with E-state index in [2.05, 4.69) is 15.8 Å². The van der Waals surface area contributed by atoms with Crippen molar-refractivity contribution in [3.8, 4) is 5.75 Å². The number of rotatable bonds is 6. The number of hydrogen-bond acceptors (Lipinski definition) is 4. The Morgan fingerprint density at radius 2 is 1.48 bits per heavy atom. The van der Waals surface area contributed by atoms with E-state index in [9.17, 15) is 9.59 Å². The van der Waals surface area contributed by atoms with E-state index >= 15 is 0 Å². The van der Waals surface area contributed by atoms with E-state index in [0.717, 1.165) is 5.56 Å². The van der Waals surface area contributed by atoms with E-state index in [1.165, 1.54) is 0 Å². The molecule has 6 heteroatoms. The van der Waals surface area contributed by atoms with Gasteiger partial charge in [-0.25, -0.2) is 5.43 Å². The number of benzene rings is 3. The van der Waals surface area contributed by atoms with Crippen LogP contribution in [0.1, 0.15) is 33.2 Å². The molecule has 2 N–H and O–H groups in total. The molecule has 0 spiro atoms. The summed E-state index contributed by atoms with van der Waals surface area (Å²) in [6.07, 6.45) is 0. The summed E-state index contributed by atoms with van der Waals surface area (Å²) < 4.78 is 5.12. The zero-order valence-corrected chi connectivity index (χ0v) is 16.2. The van der Waals surface area contributed by atoms with E-state index in [-0.39, 0.29) is 11.8 Å². The molecule has 0 aliphatic rings. The van der Waals surface area contributed by atoms with Crippen LogP contribution in [0.15, 0.2) is 84.0 Å². The number of anilines is 1. The summed E-state index contributed by atoms with van der Waals surface area (Å²) in [6, 6.07) is 23.1. The molecule has 2 amide bonds. The van der Waals surface area contributed by atoms with Gasteiger partial charge in [-0.05, 0) is 55.0 Å². The Bertz CT molecular complexity index is 1030. The molecule has 3 rings (SSSR count). The zero-order valence-electron chi connectivity index (χ0n) is 16.2. The summed E-state index contributed by atoms with van der Waals surface area (Å²) in [5.41, 5.74) is 5.74. The van der Waals surface area contributed by atoms with Gasteiger partial charge >= 0.3 is 0 Å². The van der Waals surface area contributed by atoms with Gasteiger partial charge in [0.1, 0.15) is 5.75 Å². The monoisotopic (exact) mass is 387 g/mol. The zero-order chi connectivity index (χ0) is 20.6. The van der Waals surface area contributed by atoms with Crippen molar-refractivity contribution in [3.63, 3.8) is 0 Å². The summed E-state index contributed by atoms with van der Waals surface area (Å²) >= 11 is 0. The highest BCUT2D eigenvalue weighted by molar-refractivity contribution is 6.05. The summed E-state index contributed by atoms with van der Waals surface area (Å²) in [6.45, 7) is 1.80. The number of nitrogens with one attached hydrogen (secondary N) is 2. The van der Waals surface area contributed by atoms with Crippen molar-refractivity contribution in [2.24, 2.45) is 5.10 Å². The van der Waals surface area contributed by atoms with Crippen LogP contribution in [0.25, 0.3) is 0 Å². The van der Waals surface area contributed by atoms with Crippen LogP contribution >= 0.6 is 0 Å². The first-order chi connectivity index (χ1) is 14.1. The molecule has 146 valence electrons. The predicted octanol–water partition coefficient (Wildman–Crippen LogP) is 4.10. The van der Waals surface area contributed by atoms with Gasteiger partial charge in [0, 0.05) is 16.8 Å². The Labute approximate surface area is 169 Å². The second-order valence-corrected chi connectivity index (χ2v) is 6.27. The van der Waals surface area contributed by atoms with Crippen LogP contribution < -0.4 is 15.5 Å². The second-order valence-electron chi connectivity index (χ2n) is 6.27. The fourth-order valence-electron chi connectivity index (χ4n) is 2.62. The van der Waals surface area contributed by atoms with Crippen molar-refractivity contribution in [3.05, 3.63) is 95.6 Å². The van der Waals surface area contributed by atoms with Gasteiger partial charge < -0.3 is 10.1 Å². The number of hydrogen-bond donors (Lipinski definition) is 2. The number of hydrazone groups is 1. The minimum Gasteiger partial charge on any atom is -0.497 e. The highest BCUT2D eigenvalue weighted by Crippen LogP contribution is 2.14. The third kappa shape index (κ3) is 5.29. The Hall–Kier alpha value is -3.93. The van der Waals surface area contributed by atoms with Gasteiger partial charge in [0.05, 0.1) is 12.8 Å². The van der Waals surface area contributed by atoms with E-state index < -0.39 is 0 Å². The predicted molar refractivity (Wildman–Crippen MR) is 114 cm³/mol. The Morgan fingerprint density at radius 1 is 0.793 bits per heavy atom. The Kier molecular flexibility index (Phi) is 6.37. The summed E-state index contributed by atoms with van der Waals surface area (Å²) in [5, 5.41) is 7.00. The van der Waals surface area contributed by atoms with E-state index in [1.807, 2.05) is 30.3 Å². The SMILES string of the molecule is COc1cccc(C(=O)N/N=C(/C)c2ccc(NC(=O)c3ccccc3)cc2)c1. The quantitative estimate of drug-likeness (QED) is 0.494. The molecule has 0 saturated carbocycles. The molecule has 0 unspecified atom stereocenters. The lowest BCUT2D eigenvalue weighted by Crippen LogP contribution is -2.19. The molecule has 0 aliphatic carbocycles. The average Bonchev–Trinajstić information content (AvgIpc) is 2.78. The molecule has 0 aliphatic heterocycles. The third-order valence-corrected chi connectivity index (χ3v) is 4.25. The molecule has 0 aromatic heterocycles. The summed E-state index contributed by atoms with van der Waals surface area (Å²) in [7, 11) is 1.55. The van der Waals surface area contributed by atoms with Crippen LogP contribution in [0.3, 0.4) is 0 Å².